The summed E-state index contributed by atoms with van der Waals surface area (Å²) in [5.41, 5.74) is 0. The summed E-state index contributed by atoms with van der Waals surface area (Å²) in [5.74, 6) is 1.52. The summed E-state index contributed by atoms with van der Waals surface area (Å²) in [6, 6.07) is 5.47. The van der Waals surface area contributed by atoms with E-state index in [1.807, 2.05) is 19.1 Å². The zero-order valence-electron chi connectivity index (χ0n) is 16.6. The van der Waals surface area contributed by atoms with E-state index in [1.54, 1.807) is 18.5 Å². The van der Waals surface area contributed by atoms with Crippen LogP contribution in [0.25, 0.3) is 0 Å². The second kappa shape index (κ2) is 11.3. The van der Waals surface area contributed by atoms with Gasteiger partial charge in [-0.3, -0.25) is 9.89 Å². The first-order chi connectivity index (χ1) is 14.2. The van der Waals surface area contributed by atoms with Crippen LogP contribution in [0.4, 0.5) is 5.95 Å². The van der Waals surface area contributed by atoms with Crippen molar-refractivity contribution in [1.82, 2.24) is 25.5 Å². The van der Waals surface area contributed by atoms with E-state index in [9.17, 15) is 5.11 Å². The Hall–Kier alpha value is -1.94. The molecule has 1 fully saturated rings. The van der Waals surface area contributed by atoms with Crippen molar-refractivity contribution in [2.24, 2.45) is 4.99 Å². The minimum atomic E-state index is -0.642. The van der Waals surface area contributed by atoms with Gasteiger partial charge in [0.15, 0.2) is 5.96 Å². The Balaban J connectivity index is 1.40. The van der Waals surface area contributed by atoms with Crippen molar-refractivity contribution >= 4 is 34.8 Å². The lowest BCUT2D eigenvalue weighted by atomic mass is 10.3. The molecule has 1 aliphatic rings. The highest BCUT2D eigenvalue weighted by Gasteiger charge is 2.18. The molecule has 3 heterocycles. The molecule has 3 N–H and O–H groups in total. The van der Waals surface area contributed by atoms with Gasteiger partial charge in [0, 0.05) is 63.1 Å². The monoisotopic (exact) mass is 437 g/mol. The van der Waals surface area contributed by atoms with Crippen LogP contribution in [0.5, 0.6) is 0 Å². The van der Waals surface area contributed by atoms with Crippen LogP contribution >= 0.6 is 22.9 Å². The second-order valence-electron chi connectivity index (χ2n) is 6.68. The van der Waals surface area contributed by atoms with E-state index in [2.05, 4.69) is 35.4 Å². The maximum atomic E-state index is 10.3. The summed E-state index contributed by atoms with van der Waals surface area (Å²) in [7, 11) is 0. The Labute approximate surface area is 180 Å². The lowest BCUT2D eigenvalue weighted by Gasteiger charge is -2.34. The molecule has 10 heteroatoms. The number of thiophene rings is 1. The standard InChI is InChI=1S/C19H28ClN7OS/c1-2-21-18(25-14-15(28)16-4-5-17(20)29-16)22-8-9-26-10-12-27(13-11-26)19-23-6-3-7-24-19/h3-7,15,28H,2,8-14H2,1H3,(H2,21,22,25). The van der Waals surface area contributed by atoms with E-state index >= 15 is 0 Å². The minimum absolute atomic E-state index is 0.294. The van der Waals surface area contributed by atoms with Gasteiger partial charge in [0.05, 0.1) is 10.9 Å². The smallest absolute Gasteiger partial charge is 0.225 e. The number of aliphatic imine (C=N–C) groups is 1. The fraction of sp³-hybridized carbons (Fsp3) is 0.526. The number of piperazine rings is 1. The number of rotatable bonds is 8. The van der Waals surface area contributed by atoms with Crippen LogP contribution < -0.4 is 15.5 Å². The van der Waals surface area contributed by atoms with Crippen molar-refractivity contribution in [3.8, 4) is 0 Å². The zero-order chi connectivity index (χ0) is 20.5. The molecular weight excluding hydrogens is 410 g/mol. The number of aliphatic hydroxyl groups excluding tert-OH is 1. The molecule has 0 radical (unpaired) electrons. The number of nitrogens with zero attached hydrogens (tertiary/aromatic N) is 5. The SMILES string of the molecule is CCNC(=NCC(O)c1ccc(Cl)s1)NCCN1CCN(c2ncccn2)CC1. The van der Waals surface area contributed by atoms with Crippen molar-refractivity contribution in [2.45, 2.75) is 13.0 Å². The van der Waals surface area contributed by atoms with Crippen LogP contribution in [0.3, 0.4) is 0 Å². The van der Waals surface area contributed by atoms with Gasteiger partial charge >= 0.3 is 0 Å². The minimum Gasteiger partial charge on any atom is -0.386 e. The summed E-state index contributed by atoms with van der Waals surface area (Å²) in [6.45, 7) is 8.60. The third-order valence-corrected chi connectivity index (χ3v) is 5.95. The predicted octanol–water partition coefficient (Wildman–Crippen LogP) is 1.60. The summed E-state index contributed by atoms with van der Waals surface area (Å²) in [4.78, 5) is 18.6. The molecule has 0 bridgehead atoms. The van der Waals surface area contributed by atoms with Crippen LogP contribution in [0, 0.1) is 0 Å². The van der Waals surface area contributed by atoms with Crippen LogP contribution in [0.1, 0.15) is 17.9 Å². The van der Waals surface area contributed by atoms with E-state index in [0.29, 0.717) is 16.8 Å². The van der Waals surface area contributed by atoms with Crippen molar-refractivity contribution in [2.75, 3.05) is 57.3 Å². The molecule has 0 aliphatic carbocycles. The van der Waals surface area contributed by atoms with E-state index in [-0.39, 0.29) is 0 Å². The highest BCUT2D eigenvalue weighted by Crippen LogP contribution is 2.26. The average Bonchev–Trinajstić information content (AvgIpc) is 3.19. The summed E-state index contributed by atoms with van der Waals surface area (Å²) >= 11 is 7.32. The Morgan fingerprint density at radius 2 is 2.00 bits per heavy atom. The second-order valence-corrected chi connectivity index (χ2v) is 8.43. The topological polar surface area (TPSA) is 88.9 Å². The van der Waals surface area contributed by atoms with E-state index < -0.39 is 6.10 Å². The Kier molecular flexibility index (Phi) is 8.48. The predicted molar refractivity (Wildman–Crippen MR) is 119 cm³/mol. The lowest BCUT2D eigenvalue weighted by Crippen LogP contribution is -2.49. The molecule has 0 spiro atoms. The van der Waals surface area contributed by atoms with Gasteiger partial charge in [-0.1, -0.05) is 11.6 Å². The average molecular weight is 438 g/mol. The Bertz CT molecular complexity index is 765. The van der Waals surface area contributed by atoms with Crippen molar-refractivity contribution in [3.63, 3.8) is 0 Å². The summed E-state index contributed by atoms with van der Waals surface area (Å²) < 4.78 is 0.673. The normalized spacial score (nSPS) is 16.7. The fourth-order valence-electron chi connectivity index (χ4n) is 3.08. The molecule has 3 rings (SSSR count). The maximum absolute atomic E-state index is 10.3. The number of aliphatic hydroxyl groups is 1. The Morgan fingerprint density at radius 1 is 1.24 bits per heavy atom. The molecule has 1 aliphatic heterocycles. The molecule has 0 amide bonds. The van der Waals surface area contributed by atoms with Gasteiger partial charge < -0.3 is 20.6 Å². The van der Waals surface area contributed by atoms with Gasteiger partial charge in [0.2, 0.25) is 5.95 Å². The molecule has 1 atom stereocenters. The number of hydrogen-bond acceptors (Lipinski definition) is 7. The number of nitrogens with one attached hydrogen (secondary N) is 2. The number of guanidine groups is 1. The van der Waals surface area contributed by atoms with E-state index in [4.69, 9.17) is 11.6 Å². The van der Waals surface area contributed by atoms with Crippen molar-refractivity contribution in [3.05, 3.63) is 39.8 Å². The number of aromatic nitrogens is 2. The molecular formula is C19H28ClN7OS. The summed E-state index contributed by atoms with van der Waals surface area (Å²) in [6.07, 6.45) is 2.92. The molecule has 1 saturated heterocycles. The van der Waals surface area contributed by atoms with Crippen molar-refractivity contribution in [1.29, 1.82) is 0 Å². The van der Waals surface area contributed by atoms with Gasteiger partial charge in [-0.05, 0) is 25.1 Å². The number of anilines is 1. The van der Waals surface area contributed by atoms with Crippen LogP contribution in [0.15, 0.2) is 35.6 Å². The first kappa shape index (κ1) is 21.8. The number of hydrogen-bond donors (Lipinski definition) is 3. The third-order valence-electron chi connectivity index (χ3n) is 4.62. The summed E-state index contributed by atoms with van der Waals surface area (Å²) in [5, 5.41) is 16.8. The van der Waals surface area contributed by atoms with Crippen LogP contribution in [-0.2, 0) is 0 Å². The maximum Gasteiger partial charge on any atom is 0.225 e. The lowest BCUT2D eigenvalue weighted by molar-refractivity contribution is 0.191. The van der Waals surface area contributed by atoms with Gasteiger partial charge in [-0.25, -0.2) is 9.97 Å². The van der Waals surface area contributed by atoms with Crippen LogP contribution in [0.2, 0.25) is 4.34 Å². The molecule has 8 nitrogen and oxygen atoms in total. The molecule has 0 aromatic carbocycles. The quantitative estimate of drug-likeness (QED) is 0.427. The van der Waals surface area contributed by atoms with E-state index in [1.165, 1.54) is 11.3 Å². The van der Waals surface area contributed by atoms with Gasteiger partial charge in [-0.2, -0.15) is 0 Å². The Morgan fingerprint density at radius 3 is 2.66 bits per heavy atom. The zero-order valence-corrected chi connectivity index (χ0v) is 18.2. The highest BCUT2D eigenvalue weighted by atomic mass is 35.5. The third kappa shape index (κ3) is 6.81. The number of halogens is 1. The molecule has 0 saturated carbocycles. The van der Waals surface area contributed by atoms with Crippen LogP contribution in [-0.4, -0.2) is 78.3 Å². The van der Waals surface area contributed by atoms with Gasteiger partial charge in [0.25, 0.3) is 0 Å². The van der Waals surface area contributed by atoms with Gasteiger partial charge in [0.1, 0.15) is 6.10 Å². The molecule has 158 valence electrons. The van der Waals surface area contributed by atoms with E-state index in [0.717, 1.165) is 56.6 Å². The van der Waals surface area contributed by atoms with Gasteiger partial charge in [-0.15, -0.1) is 11.3 Å². The first-order valence-electron chi connectivity index (χ1n) is 9.85. The van der Waals surface area contributed by atoms with Crippen molar-refractivity contribution < 1.29 is 5.11 Å². The molecule has 1 unspecified atom stereocenters. The molecule has 29 heavy (non-hydrogen) atoms. The fourth-order valence-corrected chi connectivity index (χ4v) is 4.11. The molecule has 2 aromatic rings. The highest BCUT2D eigenvalue weighted by molar-refractivity contribution is 7.16. The first-order valence-corrected chi connectivity index (χ1v) is 11.0. The molecule has 2 aromatic heterocycles. The largest absolute Gasteiger partial charge is 0.386 e.